The van der Waals surface area contributed by atoms with E-state index < -0.39 is 0 Å². The topological polar surface area (TPSA) is 32.6 Å². The van der Waals surface area contributed by atoms with E-state index >= 15 is 0 Å². The average Bonchev–Trinajstić information content (AvgIpc) is 2.72. The van der Waals surface area contributed by atoms with Crippen LogP contribution < -0.4 is 0 Å². The number of oxime groups is 1. The molecule has 0 spiro atoms. The van der Waals surface area contributed by atoms with Gasteiger partial charge < -0.3 is 5.21 Å². The van der Waals surface area contributed by atoms with Gasteiger partial charge in [0, 0.05) is 5.92 Å². The van der Waals surface area contributed by atoms with Crippen LogP contribution in [0.3, 0.4) is 0 Å². The molecule has 0 unspecified atom stereocenters. The van der Waals surface area contributed by atoms with Crippen molar-refractivity contribution in [3.8, 4) is 11.1 Å². The van der Waals surface area contributed by atoms with Crippen LogP contribution in [0.5, 0.6) is 0 Å². The molecule has 1 aliphatic rings. The molecule has 18 heavy (non-hydrogen) atoms. The minimum Gasteiger partial charge on any atom is -0.411 e. The van der Waals surface area contributed by atoms with Crippen molar-refractivity contribution in [2.75, 3.05) is 0 Å². The van der Waals surface area contributed by atoms with Gasteiger partial charge in [0.1, 0.15) is 0 Å². The van der Waals surface area contributed by atoms with E-state index in [2.05, 4.69) is 48.5 Å². The summed E-state index contributed by atoms with van der Waals surface area (Å²) in [6, 6.07) is 14.8. The Hall–Kier alpha value is -2.09. The Morgan fingerprint density at radius 2 is 1.78 bits per heavy atom. The zero-order valence-corrected chi connectivity index (χ0v) is 10.5. The zero-order valence-electron chi connectivity index (χ0n) is 10.5. The van der Waals surface area contributed by atoms with Gasteiger partial charge in [0.25, 0.3) is 0 Å². The van der Waals surface area contributed by atoms with Crippen LogP contribution in [-0.2, 0) is 0 Å². The second-order valence-corrected chi connectivity index (χ2v) is 4.80. The van der Waals surface area contributed by atoms with E-state index in [9.17, 15) is 0 Å². The maximum atomic E-state index is 8.86. The molecule has 0 bridgehead atoms. The lowest BCUT2D eigenvalue weighted by Gasteiger charge is -2.07. The first-order valence-corrected chi connectivity index (χ1v) is 6.14. The van der Waals surface area contributed by atoms with Crippen molar-refractivity contribution in [3.63, 3.8) is 0 Å². The lowest BCUT2D eigenvalue weighted by Crippen LogP contribution is -1.97. The van der Waals surface area contributed by atoms with E-state index in [-0.39, 0.29) is 0 Å². The van der Waals surface area contributed by atoms with Crippen molar-refractivity contribution in [3.05, 3.63) is 59.2 Å². The minimum atomic E-state index is 0.405. The molecule has 1 N–H and O–H groups in total. The van der Waals surface area contributed by atoms with Crippen LogP contribution in [0.25, 0.3) is 11.1 Å². The van der Waals surface area contributed by atoms with Gasteiger partial charge in [0.05, 0.1) is 5.71 Å². The Balaban J connectivity index is 2.20. The fourth-order valence-corrected chi connectivity index (χ4v) is 2.74. The second kappa shape index (κ2) is 3.98. The molecule has 0 saturated heterocycles. The van der Waals surface area contributed by atoms with Crippen LogP contribution in [0.1, 0.15) is 36.5 Å². The van der Waals surface area contributed by atoms with Crippen molar-refractivity contribution < 1.29 is 5.21 Å². The Labute approximate surface area is 107 Å². The quantitative estimate of drug-likeness (QED) is 0.453. The molecule has 2 aromatic rings. The van der Waals surface area contributed by atoms with Gasteiger partial charge in [-0.3, -0.25) is 0 Å². The second-order valence-electron chi connectivity index (χ2n) is 4.80. The number of rotatable bonds is 1. The van der Waals surface area contributed by atoms with Gasteiger partial charge >= 0.3 is 0 Å². The number of benzene rings is 2. The molecule has 0 amide bonds. The van der Waals surface area contributed by atoms with E-state index in [0.717, 1.165) is 5.56 Å². The standard InChI is InChI=1S/C16H15NO/c1-10-13-5-3-4-6-14(13)15-8-7-12(9-16(10)15)11(2)17-18/h3-10,18H,1-2H3/b17-11-/t10-/m0/s1. The molecule has 90 valence electrons. The summed E-state index contributed by atoms with van der Waals surface area (Å²) in [7, 11) is 0. The summed E-state index contributed by atoms with van der Waals surface area (Å²) in [5.74, 6) is 0.405. The lowest BCUT2D eigenvalue weighted by atomic mass is 9.97. The van der Waals surface area contributed by atoms with Crippen molar-refractivity contribution >= 4 is 5.71 Å². The SMILES string of the molecule is C/C(=N/O)c1ccc2c(c1)[C@@H](C)c1ccccc1-2. The molecule has 2 aromatic carbocycles. The normalized spacial score (nSPS) is 17.4. The van der Waals surface area contributed by atoms with E-state index in [1.54, 1.807) is 0 Å². The molecule has 3 rings (SSSR count). The highest BCUT2D eigenvalue weighted by Gasteiger charge is 2.25. The van der Waals surface area contributed by atoms with Crippen LogP contribution in [0.15, 0.2) is 47.6 Å². The van der Waals surface area contributed by atoms with Crippen LogP contribution >= 0.6 is 0 Å². The molecule has 1 atom stereocenters. The predicted octanol–water partition coefficient (Wildman–Crippen LogP) is 4.02. The summed E-state index contributed by atoms with van der Waals surface area (Å²) < 4.78 is 0. The highest BCUT2D eigenvalue weighted by molar-refractivity contribution is 5.99. The third kappa shape index (κ3) is 1.46. The molecule has 0 aromatic heterocycles. The smallest absolute Gasteiger partial charge is 0.0837 e. The summed E-state index contributed by atoms with van der Waals surface area (Å²) in [5, 5.41) is 12.1. The Kier molecular flexibility index (Phi) is 2.44. The molecular weight excluding hydrogens is 222 g/mol. The molecular formula is C16H15NO. The van der Waals surface area contributed by atoms with Gasteiger partial charge in [-0.2, -0.15) is 0 Å². The molecule has 1 aliphatic carbocycles. The summed E-state index contributed by atoms with van der Waals surface area (Å²) >= 11 is 0. The van der Waals surface area contributed by atoms with E-state index in [1.807, 2.05) is 13.0 Å². The average molecular weight is 237 g/mol. The van der Waals surface area contributed by atoms with Gasteiger partial charge in [-0.05, 0) is 40.8 Å². The summed E-state index contributed by atoms with van der Waals surface area (Å²) in [4.78, 5) is 0. The minimum absolute atomic E-state index is 0.405. The first-order valence-electron chi connectivity index (χ1n) is 6.14. The van der Waals surface area contributed by atoms with Gasteiger partial charge in [0.2, 0.25) is 0 Å². The Morgan fingerprint density at radius 1 is 1.06 bits per heavy atom. The largest absolute Gasteiger partial charge is 0.411 e. The fraction of sp³-hybridized carbons (Fsp3) is 0.188. The predicted molar refractivity (Wildman–Crippen MR) is 73.4 cm³/mol. The third-order valence-electron chi connectivity index (χ3n) is 3.80. The van der Waals surface area contributed by atoms with Crippen molar-refractivity contribution in [2.45, 2.75) is 19.8 Å². The first kappa shape index (κ1) is 11.0. The summed E-state index contributed by atoms with van der Waals surface area (Å²) in [6.45, 7) is 4.04. The fourth-order valence-electron chi connectivity index (χ4n) is 2.74. The Morgan fingerprint density at radius 3 is 2.56 bits per heavy atom. The molecule has 0 heterocycles. The number of nitrogens with zero attached hydrogens (tertiary/aromatic N) is 1. The monoisotopic (exact) mass is 237 g/mol. The molecule has 0 saturated carbocycles. The number of hydrogen-bond acceptors (Lipinski definition) is 2. The maximum absolute atomic E-state index is 8.86. The van der Waals surface area contributed by atoms with Gasteiger partial charge in [-0.25, -0.2) is 0 Å². The molecule has 2 heteroatoms. The lowest BCUT2D eigenvalue weighted by molar-refractivity contribution is 0.319. The third-order valence-corrected chi connectivity index (χ3v) is 3.80. The van der Waals surface area contributed by atoms with E-state index in [0.29, 0.717) is 11.6 Å². The highest BCUT2D eigenvalue weighted by Crippen LogP contribution is 2.44. The van der Waals surface area contributed by atoms with Crippen molar-refractivity contribution in [2.24, 2.45) is 5.16 Å². The van der Waals surface area contributed by atoms with Gasteiger partial charge in [0.15, 0.2) is 0 Å². The zero-order chi connectivity index (χ0) is 12.7. The summed E-state index contributed by atoms with van der Waals surface area (Å²) in [6.07, 6.45) is 0. The molecule has 0 aliphatic heterocycles. The molecule has 0 fully saturated rings. The number of hydrogen-bond donors (Lipinski definition) is 1. The van der Waals surface area contributed by atoms with Crippen LogP contribution in [0, 0.1) is 0 Å². The van der Waals surface area contributed by atoms with Crippen LogP contribution in [-0.4, -0.2) is 10.9 Å². The van der Waals surface area contributed by atoms with Crippen molar-refractivity contribution in [1.82, 2.24) is 0 Å². The summed E-state index contributed by atoms with van der Waals surface area (Å²) in [5.41, 5.74) is 6.95. The first-order chi connectivity index (χ1) is 8.72. The van der Waals surface area contributed by atoms with E-state index in [1.165, 1.54) is 22.3 Å². The Bertz CT molecular complexity index is 643. The molecule has 2 nitrogen and oxygen atoms in total. The van der Waals surface area contributed by atoms with E-state index in [4.69, 9.17) is 5.21 Å². The van der Waals surface area contributed by atoms with Crippen molar-refractivity contribution in [1.29, 1.82) is 0 Å². The van der Waals surface area contributed by atoms with Crippen LogP contribution in [0.4, 0.5) is 0 Å². The number of fused-ring (bicyclic) bond motifs is 3. The maximum Gasteiger partial charge on any atom is 0.0837 e. The van der Waals surface area contributed by atoms with Gasteiger partial charge in [-0.15, -0.1) is 0 Å². The van der Waals surface area contributed by atoms with Crippen LogP contribution in [0.2, 0.25) is 0 Å². The molecule has 0 radical (unpaired) electrons. The van der Waals surface area contributed by atoms with Gasteiger partial charge in [-0.1, -0.05) is 48.5 Å². The highest BCUT2D eigenvalue weighted by atomic mass is 16.4.